The predicted molar refractivity (Wildman–Crippen MR) is 136 cm³/mol. The fourth-order valence-corrected chi connectivity index (χ4v) is 3.31. The van der Waals surface area contributed by atoms with Gasteiger partial charge in [0, 0.05) is 30.8 Å². The second-order valence-electron chi connectivity index (χ2n) is 6.69. The van der Waals surface area contributed by atoms with E-state index in [1.807, 2.05) is 12.2 Å². The van der Waals surface area contributed by atoms with Gasteiger partial charge in [-0.1, -0.05) is 79.8 Å². The quantitative estimate of drug-likeness (QED) is 0.0859. The third kappa shape index (κ3) is 26.4. The fourth-order valence-electron chi connectivity index (χ4n) is 2.28. The summed E-state index contributed by atoms with van der Waals surface area (Å²) in [5.41, 5.74) is 0. The van der Waals surface area contributed by atoms with Crippen molar-refractivity contribution in [3.8, 4) is 0 Å². The molecule has 0 aliphatic heterocycles. The molecule has 0 fully saturated rings. The van der Waals surface area contributed by atoms with E-state index in [9.17, 15) is 9.36 Å². The minimum absolute atomic E-state index is 0.0960. The Morgan fingerprint density at radius 3 is 1.69 bits per heavy atom. The molecule has 0 aromatic carbocycles. The van der Waals surface area contributed by atoms with Gasteiger partial charge in [0.1, 0.15) is 0 Å². The highest BCUT2D eigenvalue weighted by atomic mass is 32.2. The van der Waals surface area contributed by atoms with E-state index in [0.717, 1.165) is 38.5 Å². The Morgan fingerprint density at radius 1 is 0.812 bits per heavy atom. The van der Waals surface area contributed by atoms with Crippen molar-refractivity contribution in [2.24, 2.45) is 0 Å². The predicted octanol–water partition coefficient (Wildman–Crippen LogP) is 6.34. The van der Waals surface area contributed by atoms with Crippen LogP contribution in [0.25, 0.3) is 0 Å². The summed E-state index contributed by atoms with van der Waals surface area (Å²) in [5.74, 6) is 0.179. The Kier molecular flexibility index (Phi) is 21.4. The first-order valence-corrected chi connectivity index (χ1v) is 13.4. The SMILES string of the molecule is CCC=CCC=CCC=CCC=CCC=CC/C=C\CCC(=O)NCCSOP(=O)(O)O. The van der Waals surface area contributed by atoms with Crippen LogP contribution >= 0.6 is 19.9 Å². The van der Waals surface area contributed by atoms with Crippen molar-refractivity contribution in [2.75, 3.05) is 12.3 Å². The first-order valence-electron chi connectivity index (χ1n) is 11.0. The molecular formula is C24H38NO5PS. The molecule has 180 valence electrons. The van der Waals surface area contributed by atoms with E-state index in [1.54, 1.807) is 0 Å². The number of hydrogen-bond acceptors (Lipinski definition) is 4. The van der Waals surface area contributed by atoms with E-state index in [0.29, 0.717) is 31.4 Å². The molecule has 8 heteroatoms. The lowest BCUT2D eigenvalue weighted by Crippen LogP contribution is -2.25. The van der Waals surface area contributed by atoms with Gasteiger partial charge in [-0.15, -0.1) is 0 Å². The smallest absolute Gasteiger partial charge is 0.355 e. The minimum atomic E-state index is -4.45. The van der Waals surface area contributed by atoms with Gasteiger partial charge >= 0.3 is 7.82 Å². The topological polar surface area (TPSA) is 95.9 Å². The normalized spacial score (nSPS) is 13.2. The molecule has 0 bridgehead atoms. The molecule has 0 unspecified atom stereocenters. The summed E-state index contributed by atoms with van der Waals surface area (Å²) >= 11 is 0.642. The summed E-state index contributed by atoms with van der Waals surface area (Å²) < 4.78 is 14.7. The summed E-state index contributed by atoms with van der Waals surface area (Å²) in [5, 5.41) is 2.67. The molecule has 3 N–H and O–H groups in total. The Labute approximate surface area is 197 Å². The molecule has 0 radical (unpaired) electrons. The van der Waals surface area contributed by atoms with Gasteiger partial charge in [-0.3, -0.25) is 4.79 Å². The molecule has 0 aliphatic rings. The molecule has 0 aromatic rings. The summed E-state index contributed by atoms with van der Waals surface area (Å²) in [6, 6.07) is 0. The first kappa shape index (κ1) is 30.4. The average Bonchev–Trinajstić information content (AvgIpc) is 2.74. The number of phosphoric acid groups is 1. The molecule has 6 nitrogen and oxygen atoms in total. The van der Waals surface area contributed by atoms with Crippen LogP contribution in [0.3, 0.4) is 0 Å². The molecule has 0 heterocycles. The van der Waals surface area contributed by atoms with Gasteiger partial charge in [-0.25, -0.2) is 8.54 Å². The van der Waals surface area contributed by atoms with Crippen molar-refractivity contribution < 1.29 is 23.1 Å². The van der Waals surface area contributed by atoms with Crippen LogP contribution < -0.4 is 5.32 Å². The van der Waals surface area contributed by atoms with Gasteiger partial charge in [-0.05, 0) is 44.9 Å². The van der Waals surface area contributed by atoms with Crippen molar-refractivity contribution in [1.29, 1.82) is 0 Å². The summed E-state index contributed by atoms with van der Waals surface area (Å²) in [7, 11) is -4.45. The number of hydrogen-bond donors (Lipinski definition) is 3. The number of nitrogens with one attached hydrogen (secondary N) is 1. The first-order chi connectivity index (χ1) is 15.5. The molecule has 0 saturated carbocycles. The summed E-state index contributed by atoms with van der Waals surface area (Å²) in [6.07, 6.45) is 32.5. The van der Waals surface area contributed by atoms with Crippen molar-refractivity contribution in [2.45, 2.75) is 58.3 Å². The molecular weight excluding hydrogens is 445 g/mol. The maximum atomic E-state index is 11.6. The van der Waals surface area contributed by atoms with Gasteiger partial charge < -0.3 is 15.1 Å². The Hall–Kier alpha value is -1.63. The van der Waals surface area contributed by atoms with Crippen LogP contribution in [0.1, 0.15) is 58.3 Å². The number of carbonyl (C=O) groups excluding carboxylic acids is 1. The molecule has 0 saturated heterocycles. The third-order valence-electron chi connectivity index (χ3n) is 3.79. The van der Waals surface area contributed by atoms with Gasteiger partial charge in [0.25, 0.3) is 0 Å². The van der Waals surface area contributed by atoms with Crippen LogP contribution in [-0.2, 0) is 13.3 Å². The Morgan fingerprint density at radius 2 is 1.25 bits per heavy atom. The maximum absolute atomic E-state index is 11.6. The number of amides is 1. The molecule has 0 aromatic heterocycles. The van der Waals surface area contributed by atoms with Crippen molar-refractivity contribution in [3.63, 3.8) is 0 Å². The third-order valence-corrected chi connectivity index (χ3v) is 5.36. The van der Waals surface area contributed by atoms with Crippen LogP contribution in [0, 0.1) is 0 Å². The van der Waals surface area contributed by atoms with E-state index < -0.39 is 7.82 Å². The maximum Gasteiger partial charge on any atom is 0.480 e. The van der Waals surface area contributed by atoms with Crippen LogP contribution in [0.4, 0.5) is 0 Å². The highest BCUT2D eigenvalue weighted by molar-refractivity contribution is 7.97. The highest BCUT2D eigenvalue weighted by Gasteiger charge is 2.13. The fraction of sp³-hybridized carbons (Fsp3) is 0.458. The van der Waals surface area contributed by atoms with Crippen molar-refractivity contribution in [3.05, 3.63) is 72.9 Å². The second-order valence-corrected chi connectivity index (χ2v) is 8.91. The molecule has 0 rings (SSSR count). The molecule has 0 aliphatic carbocycles. The van der Waals surface area contributed by atoms with Gasteiger partial charge in [-0.2, -0.15) is 0 Å². The minimum Gasteiger partial charge on any atom is -0.355 e. The van der Waals surface area contributed by atoms with E-state index in [-0.39, 0.29) is 11.7 Å². The zero-order valence-electron chi connectivity index (χ0n) is 19.0. The van der Waals surface area contributed by atoms with Gasteiger partial charge in [0.2, 0.25) is 5.91 Å². The van der Waals surface area contributed by atoms with Crippen LogP contribution in [-0.4, -0.2) is 28.0 Å². The van der Waals surface area contributed by atoms with Crippen LogP contribution in [0.15, 0.2) is 72.9 Å². The van der Waals surface area contributed by atoms with Gasteiger partial charge in [0.05, 0.1) is 0 Å². The van der Waals surface area contributed by atoms with E-state index in [2.05, 4.69) is 77.0 Å². The lowest BCUT2D eigenvalue weighted by molar-refractivity contribution is -0.120. The molecule has 32 heavy (non-hydrogen) atoms. The molecule has 0 spiro atoms. The Balaban J connectivity index is 3.58. The standard InChI is InChI=1S/C24H38NO5PS/c1-2-3-4-5-6-7-8-9-10-11-12-13-14-15-16-17-18-19-20-21-24(26)25-22-23-32-30-31(27,28)29/h3-4,6-7,9-10,12-13,15-16,18-19H,2,5,8,11,14,17,20-23H2,1H3,(H,25,26)(H2,27,28,29)/b4-3?,7-6?,10-9?,13-12?,16-15?,19-18-. The molecule has 0 atom stereocenters. The summed E-state index contributed by atoms with van der Waals surface area (Å²) in [6.45, 7) is 2.44. The van der Waals surface area contributed by atoms with Crippen LogP contribution in [0.2, 0.25) is 0 Å². The number of rotatable bonds is 19. The summed E-state index contributed by atoms with van der Waals surface area (Å²) in [4.78, 5) is 28.6. The van der Waals surface area contributed by atoms with Crippen molar-refractivity contribution >= 4 is 25.8 Å². The highest BCUT2D eigenvalue weighted by Crippen LogP contribution is 2.40. The van der Waals surface area contributed by atoms with Crippen LogP contribution in [0.5, 0.6) is 0 Å². The average molecular weight is 484 g/mol. The number of carbonyl (C=O) groups is 1. The largest absolute Gasteiger partial charge is 0.480 e. The number of allylic oxidation sites excluding steroid dienone is 12. The van der Waals surface area contributed by atoms with Gasteiger partial charge in [0.15, 0.2) is 0 Å². The van der Waals surface area contributed by atoms with Crippen molar-refractivity contribution in [1.82, 2.24) is 5.32 Å². The lowest BCUT2D eigenvalue weighted by atomic mass is 10.2. The zero-order chi connectivity index (χ0) is 23.8. The van der Waals surface area contributed by atoms with E-state index in [1.165, 1.54) is 0 Å². The molecule has 1 amide bonds. The zero-order valence-corrected chi connectivity index (χ0v) is 20.7. The monoisotopic (exact) mass is 483 g/mol. The Bertz CT molecular complexity index is 693. The van der Waals surface area contributed by atoms with E-state index in [4.69, 9.17) is 9.79 Å². The lowest BCUT2D eigenvalue weighted by Gasteiger charge is -2.04. The second kappa shape index (κ2) is 22.6. The van der Waals surface area contributed by atoms with E-state index >= 15 is 0 Å².